The number of rotatable bonds is 4. The predicted octanol–water partition coefficient (Wildman–Crippen LogP) is 4.45. The van der Waals surface area contributed by atoms with Gasteiger partial charge in [-0.15, -0.1) is 0 Å². The Morgan fingerprint density at radius 2 is 1.67 bits per heavy atom. The first-order chi connectivity index (χ1) is 14.2. The summed E-state index contributed by atoms with van der Waals surface area (Å²) in [6.07, 6.45) is 0.646. The van der Waals surface area contributed by atoms with Crippen LogP contribution in [0, 0.1) is 19.7 Å². The second-order valence-corrected chi connectivity index (χ2v) is 9.08. The molecule has 3 aromatic rings. The van der Waals surface area contributed by atoms with Crippen LogP contribution >= 0.6 is 0 Å². The Bertz CT molecular complexity index is 1220. The summed E-state index contributed by atoms with van der Waals surface area (Å²) in [5.41, 5.74) is 5.94. The predicted molar refractivity (Wildman–Crippen MR) is 117 cm³/mol. The van der Waals surface area contributed by atoms with Gasteiger partial charge in [-0.1, -0.05) is 29.8 Å². The van der Waals surface area contributed by atoms with Crippen LogP contribution in [-0.2, 0) is 10.0 Å². The highest BCUT2D eigenvalue weighted by atomic mass is 32.2. The van der Waals surface area contributed by atoms with Crippen LogP contribution in [-0.4, -0.2) is 14.1 Å². The third-order valence-electron chi connectivity index (χ3n) is 5.30. The van der Waals surface area contributed by atoms with E-state index in [4.69, 9.17) is 10.2 Å². The van der Waals surface area contributed by atoms with Gasteiger partial charge in [0.2, 0.25) is 10.0 Å². The van der Waals surface area contributed by atoms with Crippen molar-refractivity contribution in [3.8, 4) is 0 Å². The van der Waals surface area contributed by atoms with Crippen molar-refractivity contribution in [1.82, 2.24) is 0 Å². The van der Waals surface area contributed by atoms with E-state index in [2.05, 4.69) is 18.2 Å². The topological polar surface area (TPSA) is 75.8 Å². The third-order valence-corrected chi connectivity index (χ3v) is 6.23. The molecule has 4 rings (SSSR count). The Labute approximate surface area is 175 Å². The Morgan fingerprint density at radius 3 is 2.30 bits per heavy atom. The molecule has 0 bridgehead atoms. The number of hydrogen-bond acceptors (Lipinski definition) is 4. The van der Waals surface area contributed by atoms with Crippen molar-refractivity contribution >= 4 is 21.4 Å². The number of nitrogens with zero attached hydrogens (tertiary/aromatic N) is 2. The van der Waals surface area contributed by atoms with Crippen LogP contribution in [0.15, 0.2) is 76.7 Å². The molecular weight excluding hydrogens is 401 g/mol. The number of aryl methyl sites for hydroxylation is 2. The number of primary sulfonamides is 1. The largest absolute Gasteiger partial charge is 0.257 e. The molecule has 3 aromatic carbocycles. The molecule has 0 spiro atoms. The minimum Gasteiger partial charge on any atom is -0.257 e. The second kappa shape index (κ2) is 7.66. The van der Waals surface area contributed by atoms with E-state index in [-0.39, 0.29) is 16.8 Å². The van der Waals surface area contributed by atoms with E-state index in [0.717, 1.165) is 33.7 Å². The summed E-state index contributed by atoms with van der Waals surface area (Å²) in [6.45, 7) is 4.09. The van der Waals surface area contributed by atoms with Crippen LogP contribution in [0.2, 0.25) is 0 Å². The molecule has 0 saturated carbocycles. The molecule has 5 nitrogen and oxygen atoms in total. The van der Waals surface area contributed by atoms with Crippen molar-refractivity contribution in [2.24, 2.45) is 10.2 Å². The van der Waals surface area contributed by atoms with Crippen molar-refractivity contribution in [2.45, 2.75) is 31.2 Å². The summed E-state index contributed by atoms with van der Waals surface area (Å²) in [6, 6.07) is 18.8. The zero-order chi connectivity index (χ0) is 21.5. The zero-order valence-corrected chi connectivity index (χ0v) is 17.5. The molecule has 0 amide bonds. The van der Waals surface area contributed by atoms with Gasteiger partial charge in [0.05, 0.1) is 22.3 Å². The van der Waals surface area contributed by atoms with Crippen molar-refractivity contribution < 1.29 is 12.8 Å². The molecule has 0 radical (unpaired) electrons. The highest BCUT2D eigenvalue weighted by Crippen LogP contribution is 2.37. The number of hydrogen-bond donors (Lipinski definition) is 1. The first kappa shape index (κ1) is 20.3. The lowest BCUT2D eigenvalue weighted by Crippen LogP contribution is -2.19. The molecule has 1 aliphatic rings. The number of halogens is 1. The minimum atomic E-state index is -3.77. The van der Waals surface area contributed by atoms with Gasteiger partial charge in [0.25, 0.3) is 0 Å². The van der Waals surface area contributed by atoms with Gasteiger partial charge in [-0.25, -0.2) is 17.9 Å². The SMILES string of the molecule is Cc1ccc(C)c(C2=NN(c3ccc(S(N)(=O)=O)cc3)C(c3ccc(F)cc3)C2)c1. The van der Waals surface area contributed by atoms with Crippen molar-refractivity contribution in [3.63, 3.8) is 0 Å². The maximum Gasteiger partial charge on any atom is 0.238 e. The average Bonchev–Trinajstić information content (AvgIpc) is 3.15. The maximum absolute atomic E-state index is 13.5. The molecule has 1 atom stereocenters. The summed E-state index contributed by atoms with van der Waals surface area (Å²) in [5.74, 6) is -0.295. The van der Waals surface area contributed by atoms with Crippen LogP contribution in [0.3, 0.4) is 0 Å². The van der Waals surface area contributed by atoms with Crippen molar-refractivity contribution in [1.29, 1.82) is 0 Å². The highest BCUT2D eigenvalue weighted by molar-refractivity contribution is 7.89. The molecule has 30 heavy (non-hydrogen) atoms. The van der Waals surface area contributed by atoms with Gasteiger partial charge in [0, 0.05) is 12.0 Å². The summed E-state index contributed by atoms with van der Waals surface area (Å²) in [7, 11) is -3.77. The van der Waals surface area contributed by atoms with E-state index in [1.807, 2.05) is 18.9 Å². The molecule has 7 heteroatoms. The highest BCUT2D eigenvalue weighted by Gasteiger charge is 2.30. The van der Waals surface area contributed by atoms with E-state index in [0.29, 0.717) is 6.42 Å². The minimum absolute atomic E-state index is 0.0440. The Kier molecular flexibility index (Phi) is 5.17. The van der Waals surface area contributed by atoms with E-state index in [1.165, 1.54) is 24.3 Å². The van der Waals surface area contributed by atoms with Gasteiger partial charge in [-0.2, -0.15) is 5.10 Å². The fourth-order valence-electron chi connectivity index (χ4n) is 3.69. The summed E-state index contributed by atoms with van der Waals surface area (Å²) >= 11 is 0. The Hall–Kier alpha value is -3.03. The number of hydrazone groups is 1. The van der Waals surface area contributed by atoms with Crippen molar-refractivity contribution in [3.05, 3.63) is 94.8 Å². The number of nitrogens with two attached hydrogens (primary N) is 1. The number of anilines is 1. The fourth-order valence-corrected chi connectivity index (χ4v) is 4.21. The van der Waals surface area contributed by atoms with E-state index >= 15 is 0 Å². The third kappa shape index (κ3) is 3.99. The summed E-state index contributed by atoms with van der Waals surface area (Å²) < 4.78 is 36.7. The molecule has 2 N–H and O–H groups in total. The van der Waals surface area contributed by atoms with Gasteiger partial charge in [0.1, 0.15) is 5.82 Å². The fraction of sp³-hybridized carbons (Fsp3) is 0.174. The summed E-state index contributed by atoms with van der Waals surface area (Å²) in [4.78, 5) is 0.0440. The van der Waals surface area contributed by atoms with Gasteiger partial charge in [-0.05, 0) is 67.4 Å². The monoisotopic (exact) mass is 423 g/mol. The molecule has 154 valence electrons. The normalized spacial score (nSPS) is 16.6. The molecule has 0 aliphatic carbocycles. The zero-order valence-electron chi connectivity index (χ0n) is 16.7. The maximum atomic E-state index is 13.5. The first-order valence-electron chi connectivity index (χ1n) is 9.55. The molecule has 0 aromatic heterocycles. The van der Waals surface area contributed by atoms with Crippen LogP contribution < -0.4 is 10.1 Å². The van der Waals surface area contributed by atoms with Gasteiger partial charge in [-0.3, -0.25) is 5.01 Å². The van der Waals surface area contributed by atoms with Gasteiger partial charge in [0.15, 0.2) is 0 Å². The molecule has 0 saturated heterocycles. The van der Waals surface area contributed by atoms with Crippen molar-refractivity contribution in [2.75, 3.05) is 5.01 Å². The Morgan fingerprint density at radius 1 is 1.00 bits per heavy atom. The first-order valence-corrected chi connectivity index (χ1v) is 11.1. The van der Waals surface area contributed by atoms with E-state index < -0.39 is 10.0 Å². The second-order valence-electron chi connectivity index (χ2n) is 7.52. The molecule has 0 fully saturated rings. The van der Waals surface area contributed by atoms with E-state index in [1.54, 1.807) is 24.3 Å². The average molecular weight is 424 g/mol. The number of benzene rings is 3. The molecular formula is C23H22FN3O2S. The van der Waals surface area contributed by atoms with Crippen LogP contribution in [0.25, 0.3) is 0 Å². The summed E-state index contributed by atoms with van der Waals surface area (Å²) in [5, 5.41) is 12.0. The smallest absolute Gasteiger partial charge is 0.238 e. The molecule has 1 unspecified atom stereocenters. The standard InChI is InChI=1S/C23H22FN3O2S/c1-15-3-4-16(2)21(13-15)22-14-23(17-5-7-18(24)8-6-17)27(26-22)19-9-11-20(12-10-19)30(25,28)29/h3-13,23H,14H2,1-2H3,(H2,25,28,29). The lowest BCUT2D eigenvalue weighted by molar-refractivity contribution is 0.597. The quantitative estimate of drug-likeness (QED) is 0.674. The van der Waals surface area contributed by atoms with E-state index in [9.17, 15) is 12.8 Å². The van der Waals surface area contributed by atoms with Crippen LogP contribution in [0.5, 0.6) is 0 Å². The number of sulfonamides is 1. The lowest BCUT2D eigenvalue weighted by atomic mass is 9.95. The molecule has 1 aliphatic heterocycles. The molecule has 1 heterocycles. The van der Waals surface area contributed by atoms with Crippen LogP contribution in [0.4, 0.5) is 10.1 Å². The van der Waals surface area contributed by atoms with Crippen LogP contribution in [0.1, 0.15) is 34.7 Å². The Balaban J connectivity index is 1.78. The van der Waals surface area contributed by atoms with Gasteiger partial charge < -0.3 is 0 Å². The lowest BCUT2D eigenvalue weighted by Gasteiger charge is -2.24. The van der Waals surface area contributed by atoms with Gasteiger partial charge >= 0.3 is 0 Å².